The number of nitro benzene ring substituents is 1. The lowest BCUT2D eigenvalue weighted by Crippen LogP contribution is -2.42. The van der Waals surface area contributed by atoms with Gasteiger partial charge in [0, 0.05) is 18.2 Å². The lowest BCUT2D eigenvalue weighted by molar-refractivity contribution is -0.385. The fraction of sp³-hybridized carbons (Fsp3) is 0.333. The van der Waals surface area contributed by atoms with Crippen molar-refractivity contribution >= 4 is 17.6 Å². The number of amides is 3. The third-order valence-corrected chi connectivity index (χ3v) is 2.64. The Morgan fingerprint density at radius 1 is 1.43 bits per heavy atom. The van der Waals surface area contributed by atoms with Crippen LogP contribution >= 0.6 is 0 Å². The van der Waals surface area contributed by atoms with Gasteiger partial charge in [-0.15, -0.1) is 0 Å². The predicted molar refractivity (Wildman–Crippen MR) is 68.2 cm³/mol. The Kier molecular flexibility index (Phi) is 4.31. The average Bonchev–Trinajstić information content (AvgIpc) is 3.19. The van der Waals surface area contributed by atoms with Gasteiger partial charge in [-0.05, 0) is 18.9 Å². The Labute approximate surface area is 118 Å². The summed E-state index contributed by atoms with van der Waals surface area (Å²) >= 11 is 0. The van der Waals surface area contributed by atoms with Gasteiger partial charge in [0.2, 0.25) is 5.75 Å². The van der Waals surface area contributed by atoms with Gasteiger partial charge in [0.05, 0.1) is 4.92 Å². The van der Waals surface area contributed by atoms with Crippen molar-refractivity contribution in [3.63, 3.8) is 0 Å². The molecule has 0 spiro atoms. The molecule has 1 aliphatic rings. The molecule has 0 aromatic heterocycles. The molecule has 0 bridgehead atoms. The number of halogens is 1. The predicted octanol–water partition coefficient (Wildman–Crippen LogP) is 1.10. The van der Waals surface area contributed by atoms with E-state index in [4.69, 9.17) is 4.74 Å². The number of nitrogens with one attached hydrogen (secondary N) is 2. The van der Waals surface area contributed by atoms with Crippen molar-refractivity contribution < 1.29 is 23.6 Å². The highest BCUT2D eigenvalue weighted by Crippen LogP contribution is 2.27. The van der Waals surface area contributed by atoms with Crippen LogP contribution in [0.1, 0.15) is 12.8 Å². The lowest BCUT2D eigenvalue weighted by Gasteiger charge is -2.08. The largest absolute Gasteiger partial charge is 0.477 e. The zero-order chi connectivity index (χ0) is 15.4. The quantitative estimate of drug-likeness (QED) is 0.624. The fourth-order valence-electron chi connectivity index (χ4n) is 1.51. The molecule has 0 saturated heterocycles. The molecule has 8 nitrogen and oxygen atoms in total. The first-order valence-electron chi connectivity index (χ1n) is 6.13. The van der Waals surface area contributed by atoms with Gasteiger partial charge in [0.25, 0.3) is 5.91 Å². The second kappa shape index (κ2) is 6.16. The van der Waals surface area contributed by atoms with Gasteiger partial charge >= 0.3 is 11.7 Å². The first kappa shape index (κ1) is 14.7. The molecule has 0 unspecified atom stereocenters. The van der Waals surface area contributed by atoms with Crippen LogP contribution in [0.5, 0.6) is 5.75 Å². The van der Waals surface area contributed by atoms with Gasteiger partial charge in [0.1, 0.15) is 5.82 Å². The molecule has 1 aromatic carbocycles. The Morgan fingerprint density at radius 3 is 2.76 bits per heavy atom. The SMILES string of the molecule is O=C(COc1cc(F)ccc1[N+](=O)[O-])NC(=O)NC1CC1. The second-order valence-corrected chi connectivity index (χ2v) is 4.45. The molecule has 0 atom stereocenters. The van der Waals surface area contributed by atoms with E-state index >= 15 is 0 Å². The first-order valence-corrected chi connectivity index (χ1v) is 6.13. The number of benzene rings is 1. The average molecular weight is 297 g/mol. The molecule has 112 valence electrons. The summed E-state index contributed by atoms with van der Waals surface area (Å²) in [4.78, 5) is 32.7. The van der Waals surface area contributed by atoms with Crippen LogP contribution in [0.4, 0.5) is 14.9 Å². The van der Waals surface area contributed by atoms with Gasteiger partial charge < -0.3 is 10.1 Å². The monoisotopic (exact) mass is 297 g/mol. The summed E-state index contributed by atoms with van der Waals surface area (Å²) in [5.41, 5.74) is -0.466. The van der Waals surface area contributed by atoms with Crippen molar-refractivity contribution in [1.29, 1.82) is 0 Å². The number of carbonyl (C=O) groups excluding carboxylic acids is 2. The van der Waals surface area contributed by atoms with E-state index < -0.39 is 35.0 Å². The van der Waals surface area contributed by atoms with Crippen LogP contribution in [0.3, 0.4) is 0 Å². The maximum atomic E-state index is 13.0. The van der Waals surface area contributed by atoms with E-state index in [0.717, 1.165) is 31.0 Å². The van der Waals surface area contributed by atoms with Crippen LogP contribution in [0.2, 0.25) is 0 Å². The number of nitro groups is 1. The van der Waals surface area contributed by atoms with Crippen LogP contribution < -0.4 is 15.4 Å². The number of hydrogen-bond donors (Lipinski definition) is 2. The third-order valence-electron chi connectivity index (χ3n) is 2.64. The van der Waals surface area contributed by atoms with Crippen LogP contribution in [-0.2, 0) is 4.79 Å². The summed E-state index contributed by atoms with van der Waals surface area (Å²) in [5.74, 6) is -1.90. The highest BCUT2D eigenvalue weighted by molar-refractivity contribution is 5.95. The van der Waals surface area contributed by atoms with E-state index in [0.29, 0.717) is 0 Å². The molecule has 1 fully saturated rings. The standard InChI is InChI=1S/C12H12FN3O5/c13-7-1-4-9(16(19)20)10(5-7)21-6-11(17)15-12(18)14-8-2-3-8/h1,4-5,8H,2-3,6H2,(H2,14,15,17,18). The molecule has 1 aliphatic carbocycles. The van der Waals surface area contributed by atoms with Crippen molar-refractivity contribution in [2.75, 3.05) is 6.61 Å². The van der Waals surface area contributed by atoms with Gasteiger partial charge in [-0.2, -0.15) is 0 Å². The Balaban J connectivity index is 1.89. The van der Waals surface area contributed by atoms with E-state index in [1.165, 1.54) is 0 Å². The molecular formula is C12H12FN3O5. The van der Waals surface area contributed by atoms with E-state index in [2.05, 4.69) is 5.32 Å². The fourth-order valence-corrected chi connectivity index (χ4v) is 1.51. The minimum absolute atomic E-state index is 0.0861. The van der Waals surface area contributed by atoms with E-state index in [9.17, 15) is 24.1 Å². The number of hydrogen-bond acceptors (Lipinski definition) is 5. The van der Waals surface area contributed by atoms with E-state index in [1.807, 2.05) is 5.32 Å². The van der Waals surface area contributed by atoms with Gasteiger partial charge in [-0.3, -0.25) is 20.2 Å². The molecule has 0 heterocycles. The van der Waals surface area contributed by atoms with Crippen LogP contribution in [-0.4, -0.2) is 29.5 Å². The normalized spacial score (nSPS) is 13.4. The molecule has 3 amide bonds. The summed E-state index contributed by atoms with van der Waals surface area (Å²) in [5, 5.41) is 15.3. The Morgan fingerprint density at radius 2 is 2.14 bits per heavy atom. The smallest absolute Gasteiger partial charge is 0.321 e. The molecule has 21 heavy (non-hydrogen) atoms. The third kappa shape index (κ3) is 4.41. The zero-order valence-corrected chi connectivity index (χ0v) is 10.8. The van der Waals surface area contributed by atoms with Crippen molar-refractivity contribution in [1.82, 2.24) is 10.6 Å². The van der Waals surface area contributed by atoms with Gasteiger partial charge in [-0.25, -0.2) is 9.18 Å². The summed E-state index contributed by atoms with van der Waals surface area (Å²) in [7, 11) is 0. The van der Waals surface area contributed by atoms with E-state index in [1.54, 1.807) is 0 Å². The first-order chi connectivity index (χ1) is 9.95. The van der Waals surface area contributed by atoms with Crippen molar-refractivity contribution in [2.24, 2.45) is 0 Å². The summed E-state index contributed by atoms with van der Waals surface area (Å²) < 4.78 is 17.9. The lowest BCUT2D eigenvalue weighted by atomic mass is 10.3. The molecule has 0 radical (unpaired) electrons. The molecule has 2 N–H and O–H groups in total. The maximum absolute atomic E-state index is 13.0. The van der Waals surface area contributed by atoms with Crippen LogP contribution in [0.25, 0.3) is 0 Å². The Bertz CT molecular complexity index is 588. The molecular weight excluding hydrogens is 285 g/mol. The summed E-state index contributed by atoms with van der Waals surface area (Å²) in [6, 6.07) is 2.08. The molecule has 9 heteroatoms. The number of nitrogens with zero attached hydrogens (tertiary/aromatic N) is 1. The second-order valence-electron chi connectivity index (χ2n) is 4.45. The van der Waals surface area contributed by atoms with Crippen LogP contribution in [0.15, 0.2) is 18.2 Å². The van der Waals surface area contributed by atoms with E-state index in [-0.39, 0.29) is 11.8 Å². The maximum Gasteiger partial charge on any atom is 0.321 e. The number of rotatable bonds is 5. The molecule has 1 saturated carbocycles. The number of ether oxygens (including phenoxy) is 1. The zero-order valence-electron chi connectivity index (χ0n) is 10.8. The molecule has 1 aromatic rings. The molecule has 2 rings (SSSR count). The highest BCUT2D eigenvalue weighted by Gasteiger charge is 2.24. The minimum Gasteiger partial charge on any atom is -0.477 e. The van der Waals surface area contributed by atoms with Crippen molar-refractivity contribution in [3.05, 3.63) is 34.1 Å². The van der Waals surface area contributed by atoms with Crippen molar-refractivity contribution in [3.8, 4) is 5.75 Å². The van der Waals surface area contributed by atoms with Gasteiger partial charge in [0.15, 0.2) is 6.61 Å². The summed E-state index contributed by atoms with van der Waals surface area (Å²) in [6.45, 7) is -0.637. The van der Waals surface area contributed by atoms with Crippen molar-refractivity contribution in [2.45, 2.75) is 18.9 Å². The van der Waals surface area contributed by atoms with Crippen LogP contribution in [0, 0.1) is 15.9 Å². The topological polar surface area (TPSA) is 111 Å². The number of imide groups is 1. The molecule has 0 aliphatic heterocycles. The summed E-state index contributed by atoms with van der Waals surface area (Å²) in [6.07, 6.45) is 1.74. The van der Waals surface area contributed by atoms with Gasteiger partial charge in [-0.1, -0.05) is 0 Å². The highest BCUT2D eigenvalue weighted by atomic mass is 19.1. The Hall–Kier alpha value is -2.71. The number of urea groups is 1. The number of carbonyl (C=O) groups is 2. The minimum atomic E-state index is -0.785.